The molecule has 0 bridgehead atoms. The lowest BCUT2D eigenvalue weighted by molar-refractivity contribution is 0.419. The van der Waals surface area contributed by atoms with Gasteiger partial charge in [0.05, 0.1) is 12.0 Å². The van der Waals surface area contributed by atoms with Gasteiger partial charge in [-0.2, -0.15) is 4.98 Å². The Morgan fingerprint density at radius 2 is 1.63 bits per heavy atom. The summed E-state index contributed by atoms with van der Waals surface area (Å²) in [6.45, 7) is 1.17. The maximum atomic E-state index is 12.8. The van der Waals surface area contributed by atoms with Gasteiger partial charge in [0.25, 0.3) is 0 Å². The summed E-state index contributed by atoms with van der Waals surface area (Å²) in [7, 11) is -0.00524. The summed E-state index contributed by atoms with van der Waals surface area (Å²) in [6.07, 6.45) is 3.58. The molecule has 0 atom stereocenters. The second kappa shape index (κ2) is 10.9. The van der Waals surface area contributed by atoms with Crippen molar-refractivity contribution in [1.29, 1.82) is 0 Å². The van der Waals surface area contributed by atoms with Gasteiger partial charge in [-0.05, 0) is 36.4 Å². The molecule has 0 spiro atoms. The predicted octanol–water partition coefficient (Wildman–Crippen LogP) is 4.35. The molecule has 0 amide bonds. The Bertz CT molecular complexity index is 1420. The summed E-state index contributed by atoms with van der Waals surface area (Å²) in [6, 6.07) is 18.5. The Morgan fingerprint density at radius 3 is 2.46 bits per heavy atom. The van der Waals surface area contributed by atoms with Crippen molar-refractivity contribution in [3.63, 3.8) is 0 Å². The molecule has 0 aliphatic rings. The summed E-state index contributed by atoms with van der Waals surface area (Å²) in [5.74, 6) is 1.65. The zero-order valence-electron chi connectivity index (χ0n) is 20.1. The number of para-hydroxylation sites is 1. The van der Waals surface area contributed by atoms with E-state index in [0.717, 1.165) is 48.4 Å². The van der Waals surface area contributed by atoms with Crippen LogP contribution in [0.2, 0.25) is 0 Å². The van der Waals surface area contributed by atoms with Crippen molar-refractivity contribution < 1.29 is 13.2 Å². The number of anilines is 2. The number of aromatic nitrogens is 2. The van der Waals surface area contributed by atoms with Crippen LogP contribution in [-0.4, -0.2) is 45.6 Å². The van der Waals surface area contributed by atoms with Crippen LogP contribution in [0.5, 0.6) is 5.75 Å². The molecule has 0 unspecified atom stereocenters. The summed E-state index contributed by atoms with van der Waals surface area (Å²) in [4.78, 5) is 11.4. The van der Waals surface area contributed by atoms with Gasteiger partial charge >= 0.3 is 0 Å². The first-order chi connectivity index (χ1) is 16.9. The molecule has 0 saturated carbocycles. The van der Waals surface area contributed by atoms with E-state index in [1.807, 2.05) is 60.5 Å². The highest BCUT2D eigenvalue weighted by molar-refractivity contribution is 7.89. The van der Waals surface area contributed by atoms with Gasteiger partial charge in [-0.15, -0.1) is 0 Å². The number of methoxy groups -OCH3 is 1. The van der Waals surface area contributed by atoms with Crippen molar-refractivity contribution >= 4 is 43.5 Å². The number of fused-ring (bicyclic) bond motifs is 2. The van der Waals surface area contributed by atoms with Crippen LogP contribution in [-0.2, 0) is 10.0 Å². The summed E-state index contributed by atoms with van der Waals surface area (Å²) in [5.41, 5.74) is 6.84. The lowest BCUT2D eigenvalue weighted by atomic mass is 10.1. The van der Waals surface area contributed by atoms with Gasteiger partial charge in [-0.1, -0.05) is 55.3 Å². The molecule has 1 aromatic heterocycles. The van der Waals surface area contributed by atoms with Gasteiger partial charge < -0.3 is 15.4 Å². The third-order valence-electron chi connectivity index (χ3n) is 6.02. The highest BCUT2D eigenvalue weighted by Gasteiger charge is 2.16. The smallest absolute Gasteiger partial charge is 0.241 e. The zero-order valence-corrected chi connectivity index (χ0v) is 20.9. The third kappa shape index (κ3) is 5.63. The molecule has 0 fully saturated rings. The van der Waals surface area contributed by atoms with E-state index in [-0.39, 0.29) is 0 Å². The summed E-state index contributed by atoms with van der Waals surface area (Å²) in [5, 5.41) is 2.42. The second-order valence-electron chi connectivity index (χ2n) is 8.48. The largest absolute Gasteiger partial charge is 0.494 e. The van der Waals surface area contributed by atoms with E-state index in [1.165, 1.54) is 0 Å². The number of nitrogens with zero attached hydrogens (tertiary/aromatic N) is 3. The Morgan fingerprint density at radius 1 is 0.914 bits per heavy atom. The predicted molar refractivity (Wildman–Crippen MR) is 141 cm³/mol. The van der Waals surface area contributed by atoms with Gasteiger partial charge in [0.2, 0.25) is 16.0 Å². The molecule has 35 heavy (non-hydrogen) atoms. The first kappa shape index (κ1) is 24.7. The SMILES string of the molecule is COc1cccc2c(N)nc(N(C)CCCCCCNS(=O)(=O)c3cccc4ccccc34)nc12. The molecule has 3 aromatic carbocycles. The fraction of sp³-hybridized carbons (Fsp3) is 0.308. The fourth-order valence-electron chi connectivity index (χ4n) is 4.11. The molecule has 184 valence electrons. The molecule has 4 aromatic rings. The Labute approximate surface area is 206 Å². The van der Waals surface area contributed by atoms with E-state index < -0.39 is 10.0 Å². The number of hydrogen-bond acceptors (Lipinski definition) is 7. The highest BCUT2D eigenvalue weighted by Crippen LogP contribution is 2.28. The molecular formula is C26H31N5O3S. The number of benzene rings is 3. The quantitative estimate of drug-likeness (QED) is 0.299. The molecule has 0 saturated heterocycles. The normalized spacial score (nSPS) is 11.7. The lowest BCUT2D eigenvalue weighted by Crippen LogP contribution is -2.25. The van der Waals surface area contributed by atoms with Crippen LogP contribution in [0, 0.1) is 0 Å². The van der Waals surface area contributed by atoms with Crippen LogP contribution in [0.4, 0.5) is 11.8 Å². The van der Waals surface area contributed by atoms with Crippen LogP contribution in [0.1, 0.15) is 25.7 Å². The minimum absolute atomic E-state index is 0.323. The van der Waals surface area contributed by atoms with Gasteiger partial charge in [0.1, 0.15) is 17.1 Å². The average Bonchev–Trinajstić information content (AvgIpc) is 2.87. The second-order valence-corrected chi connectivity index (χ2v) is 10.2. The van der Waals surface area contributed by atoms with Crippen LogP contribution in [0.15, 0.2) is 65.6 Å². The topological polar surface area (TPSA) is 110 Å². The van der Waals surface area contributed by atoms with E-state index in [1.54, 1.807) is 19.2 Å². The third-order valence-corrected chi connectivity index (χ3v) is 7.54. The number of nitrogens with two attached hydrogens (primary N) is 1. The molecule has 9 heteroatoms. The molecule has 0 radical (unpaired) electrons. The summed E-state index contributed by atoms with van der Waals surface area (Å²) >= 11 is 0. The van der Waals surface area contributed by atoms with Crippen molar-refractivity contribution in [2.75, 3.05) is 37.9 Å². The minimum atomic E-state index is -3.55. The number of sulfonamides is 1. The number of unbranched alkanes of at least 4 members (excludes halogenated alkanes) is 3. The van der Waals surface area contributed by atoms with Crippen LogP contribution in [0.3, 0.4) is 0 Å². The lowest BCUT2D eigenvalue weighted by Gasteiger charge is -2.18. The highest BCUT2D eigenvalue weighted by atomic mass is 32.2. The minimum Gasteiger partial charge on any atom is -0.494 e. The van der Waals surface area contributed by atoms with Crippen molar-refractivity contribution in [2.45, 2.75) is 30.6 Å². The van der Waals surface area contributed by atoms with Gasteiger partial charge in [-0.3, -0.25) is 0 Å². The van der Waals surface area contributed by atoms with Gasteiger partial charge in [0, 0.05) is 30.9 Å². The first-order valence-corrected chi connectivity index (χ1v) is 13.2. The van der Waals surface area contributed by atoms with Crippen LogP contribution in [0.25, 0.3) is 21.7 Å². The molecule has 3 N–H and O–H groups in total. The van der Waals surface area contributed by atoms with Gasteiger partial charge in [0.15, 0.2) is 0 Å². The Hall–Kier alpha value is -3.43. The monoisotopic (exact) mass is 493 g/mol. The maximum Gasteiger partial charge on any atom is 0.241 e. The molecule has 4 rings (SSSR count). The number of hydrogen-bond donors (Lipinski definition) is 2. The van der Waals surface area contributed by atoms with Crippen molar-refractivity contribution in [2.24, 2.45) is 0 Å². The number of nitrogen functional groups attached to an aromatic ring is 1. The number of rotatable bonds is 11. The fourth-order valence-corrected chi connectivity index (χ4v) is 5.42. The average molecular weight is 494 g/mol. The first-order valence-electron chi connectivity index (χ1n) is 11.7. The maximum absolute atomic E-state index is 12.8. The van der Waals surface area contributed by atoms with E-state index in [9.17, 15) is 8.42 Å². The van der Waals surface area contributed by atoms with E-state index >= 15 is 0 Å². The standard InChI is InChI=1S/C26H31N5O3S/c1-31(26-29-24-21(25(27)30-26)14-10-15-22(24)34-2)18-8-4-3-7-17-28-35(32,33)23-16-9-12-19-11-5-6-13-20(19)23/h5-6,9-16,28H,3-4,7-8,17-18H2,1-2H3,(H2,27,29,30). The molecule has 1 heterocycles. The number of nitrogens with one attached hydrogen (secondary N) is 1. The Kier molecular flexibility index (Phi) is 7.67. The van der Waals surface area contributed by atoms with E-state index in [4.69, 9.17) is 10.5 Å². The Balaban J connectivity index is 1.25. The van der Waals surface area contributed by atoms with Crippen molar-refractivity contribution in [3.05, 3.63) is 60.7 Å². The van der Waals surface area contributed by atoms with E-state index in [0.29, 0.717) is 34.5 Å². The van der Waals surface area contributed by atoms with Gasteiger partial charge in [-0.25, -0.2) is 18.1 Å². The summed E-state index contributed by atoms with van der Waals surface area (Å²) < 4.78 is 33.7. The number of ether oxygens (including phenoxy) is 1. The van der Waals surface area contributed by atoms with E-state index in [2.05, 4.69) is 14.7 Å². The zero-order chi connectivity index (χ0) is 24.8. The van der Waals surface area contributed by atoms with Crippen molar-refractivity contribution in [1.82, 2.24) is 14.7 Å². The molecule has 0 aliphatic heterocycles. The van der Waals surface area contributed by atoms with Crippen LogP contribution < -0.4 is 20.1 Å². The van der Waals surface area contributed by atoms with Crippen LogP contribution >= 0.6 is 0 Å². The molecule has 0 aliphatic carbocycles. The molecular weight excluding hydrogens is 462 g/mol. The molecule has 8 nitrogen and oxygen atoms in total. The van der Waals surface area contributed by atoms with Crippen molar-refractivity contribution in [3.8, 4) is 5.75 Å².